The fourth-order valence-corrected chi connectivity index (χ4v) is 3.58. The number of nitrogens with one attached hydrogen (secondary N) is 1. The largest absolute Gasteiger partial charge is 0.493 e. The first kappa shape index (κ1) is 22.2. The van der Waals surface area contributed by atoms with Crippen LogP contribution >= 0.6 is 39.1 Å². The Hall–Kier alpha value is -2.54. The molecule has 1 N–H and O–H groups in total. The molecule has 0 unspecified atom stereocenters. The number of ether oxygens (including phenoxy) is 2. The van der Waals surface area contributed by atoms with E-state index in [0.29, 0.717) is 37.1 Å². The fourth-order valence-electron chi connectivity index (χ4n) is 2.59. The summed E-state index contributed by atoms with van der Waals surface area (Å²) in [7, 11) is 1.55. The average molecular weight is 508 g/mol. The monoisotopic (exact) mass is 506 g/mol. The molecular formula is C22H17BrCl2N2O3. The normalized spacial score (nSPS) is 10.8. The molecule has 0 aliphatic rings. The van der Waals surface area contributed by atoms with Gasteiger partial charge in [0, 0.05) is 10.6 Å². The molecule has 0 atom stereocenters. The van der Waals surface area contributed by atoms with E-state index in [4.69, 9.17) is 32.7 Å². The van der Waals surface area contributed by atoms with E-state index in [2.05, 4.69) is 26.5 Å². The zero-order valence-corrected chi connectivity index (χ0v) is 19.0. The van der Waals surface area contributed by atoms with Gasteiger partial charge in [0.2, 0.25) is 0 Å². The van der Waals surface area contributed by atoms with Crippen LogP contribution in [0.25, 0.3) is 0 Å². The van der Waals surface area contributed by atoms with Crippen LogP contribution in [0.4, 0.5) is 0 Å². The molecule has 3 rings (SSSR count). The number of rotatable bonds is 7. The summed E-state index contributed by atoms with van der Waals surface area (Å²) in [6, 6.07) is 17.8. The van der Waals surface area contributed by atoms with Crippen molar-refractivity contribution in [1.29, 1.82) is 0 Å². The maximum Gasteiger partial charge on any atom is 0.272 e. The van der Waals surface area contributed by atoms with Gasteiger partial charge in [-0.05, 0) is 51.8 Å². The molecule has 0 saturated heterocycles. The summed E-state index contributed by atoms with van der Waals surface area (Å²) in [6.45, 7) is 0.288. The standard InChI is InChI=1S/C22H17BrCl2N2O3/c1-29-20-11-14(12-26-27-22(28)16-7-3-5-9-19(16)25)10-17(23)21(20)30-13-15-6-2-4-8-18(15)24/h2-12H,13H2,1H3,(H,27,28)/b26-12-. The number of hydrogen-bond acceptors (Lipinski definition) is 4. The van der Waals surface area contributed by atoms with Gasteiger partial charge in [0.05, 0.1) is 28.4 Å². The first-order chi connectivity index (χ1) is 14.5. The van der Waals surface area contributed by atoms with Crippen molar-refractivity contribution in [2.45, 2.75) is 6.61 Å². The second-order valence-electron chi connectivity index (χ2n) is 6.09. The highest BCUT2D eigenvalue weighted by Crippen LogP contribution is 2.37. The molecule has 0 saturated carbocycles. The molecule has 0 aromatic heterocycles. The predicted molar refractivity (Wildman–Crippen MR) is 123 cm³/mol. The van der Waals surface area contributed by atoms with Gasteiger partial charge in [0.1, 0.15) is 6.61 Å². The van der Waals surface area contributed by atoms with Crippen molar-refractivity contribution in [1.82, 2.24) is 5.43 Å². The fraction of sp³-hybridized carbons (Fsp3) is 0.0909. The molecule has 0 heterocycles. The van der Waals surface area contributed by atoms with Crippen LogP contribution in [-0.2, 0) is 6.61 Å². The minimum atomic E-state index is -0.400. The molecule has 0 aliphatic carbocycles. The Morgan fingerprint density at radius 3 is 2.50 bits per heavy atom. The predicted octanol–water partition coefficient (Wildman–Crippen LogP) is 6.11. The third-order valence-corrected chi connectivity index (χ3v) is 5.37. The lowest BCUT2D eigenvalue weighted by molar-refractivity contribution is 0.0955. The number of nitrogens with zero attached hydrogens (tertiary/aromatic N) is 1. The van der Waals surface area contributed by atoms with Gasteiger partial charge in [-0.25, -0.2) is 5.43 Å². The van der Waals surface area contributed by atoms with Crippen LogP contribution in [0.15, 0.2) is 70.2 Å². The smallest absolute Gasteiger partial charge is 0.272 e. The highest BCUT2D eigenvalue weighted by molar-refractivity contribution is 9.10. The lowest BCUT2D eigenvalue weighted by atomic mass is 10.2. The highest BCUT2D eigenvalue weighted by Gasteiger charge is 2.13. The van der Waals surface area contributed by atoms with Crippen molar-refractivity contribution < 1.29 is 14.3 Å². The van der Waals surface area contributed by atoms with Gasteiger partial charge in [-0.3, -0.25) is 4.79 Å². The molecule has 1 amide bonds. The van der Waals surface area contributed by atoms with Gasteiger partial charge in [0.15, 0.2) is 11.5 Å². The molecule has 0 bridgehead atoms. The summed E-state index contributed by atoms with van der Waals surface area (Å²) >= 11 is 15.7. The van der Waals surface area contributed by atoms with Gasteiger partial charge in [-0.1, -0.05) is 53.5 Å². The van der Waals surface area contributed by atoms with Crippen molar-refractivity contribution in [2.24, 2.45) is 5.10 Å². The third-order valence-electron chi connectivity index (χ3n) is 4.08. The molecule has 3 aromatic rings. The Labute approximate surface area is 192 Å². The van der Waals surface area contributed by atoms with Gasteiger partial charge >= 0.3 is 0 Å². The summed E-state index contributed by atoms with van der Waals surface area (Å²) in [6.07, 6.45) is 1.50. The Bertz CT molecular complexity index is 1090. The van der Waals surface area contributed by atoms with E-state index in [0.717, 1.165) is 5.56 Å². The lowest BCUT2D eigenvalue weighted by Gasteiger charge is -2.14. The Kier molecular flexibility index (Phi) is 7.74. The molecule has 0 fully saturated rings. The highest BCUT2D eigenvalue weighted by atomic mass is 79.9. The molecule has 0 radical (unpaired) electrons. The van der Waals surface area contributed by atoms with Crippen molar-refractivity contribution in [3.8, 4) is 11.5 Å². The zero-order valence-electron chi connectivity index (χ0n) is 15.9. The lowest BCUT2D eigenvalue weighted by Crippen LogP contribution is -2.17. The maximum absolute atomic E-state index is 12.2. The second-order valence-corrected chi connectivity index (χ2v) is 7.76. The number of carbonyl (C=O) groups is 1. The van der Waals surface area contributed by atoms with E-state index in [1.807, 2.05) is 24.3 Å². The summed E-state index contributed by atoms with van der Waals surface area (Å²) in [5, 5.41) is 4.98. The van der Waals surface area contributed by atoms with E-state index in [9.17, 15) is 4.79 Å². The van der Waals surface area contributed by atoms with Crippen LogP contribution in [0.3, 0.4) is 0 Å². The third kappa shape index (κ3) is 5.53. The maximum atomic E-state index is 12.2. The van der Waals surface area contributed by atoms with Crippen LogP contribution in [0.2, 0.25) is 10.0 Å². The molecule has 154 valence electrons. The molecular weight excluding hydrogens is 491 g/mol. The number of methoxy groups -OCH3 is 1. The van der Waals surface area contributed by atoms with Crippen LogP contribution in [0.1, 0.15) is 21.5 Å². The van der Waals surface area contributed by atoms with Gasteiger partial charge in [-0.2, -0.15) is 5.10 Å². The van der Waals surface area contributed by atoms with E-state index in [1.54, 1.807) is 43.5 Å². The first-order valence-electron chi connectivity index (χ1n) is 8.81. The van der Waals surface area contributed by atoms with Crippen molar-refractivity contribution in [3.05, 3.63) is 91.9 Å². The SMILES string of the molecule is COc1cc(/C=N\NC(=O)c2ccccc2Cl)cc(Br)c1OCc1ccccc1Cl. The minimum Gasteiger partial charge on any atom is -0.493 e. The molecule has 30 heavy (non-hydrogen) atoms. The van der Waals surface area contributed by atoms with Crippen LogP contribution in [0, 0.1) is 0 Å². The quantitative estimate of drug-likeness (QED) is 0.310. The van der Waals surface area contributed by atoms with Gasteiger partial charge in [-0.15, -0.1) is 0 Å². The molecule has 8 heteroatoms. The molecule has 3 aromatic carbocycles. The summed E-state index contributed by atoms with van der Waals surface area (Å²) in [5.41, 5.74) is 4.36. The number of halogens is 3. The van der Waals surface area contributed by atoms with Crippen LogP contribution in [0.5, 0.6) is 11.5 Å². The zero-order chi connectivity index (χ0) is 21.5. The second kappa shape index (κ2) is 10.5. The molecule has 0 aliphatic heterocycles. The van der Waals surface area contributed by atoms with E-state index in [-0.39, 0.29) is 6.61 Å². The average Bonchev–Trinajstić information content (AvgIpc) is 2.74. The number of amides is 1. The van der Waals surface area contributed by atoms with Gasteiger partial charge in [0.25, 0.3) is 5.91 Å². The molecule has 5 nitrogen and oxygen atoms in total. The van der Waals surface area contributed by atoms with E-state index in [1.165, 1.54) is 6.21 Å². The number of hydrogen-bond donors (Lipinski definition) is 1. The Balaban J connectivity index is 1.72. The Morgan fingerprint density at radius 1 is 1.10 bits per heavy atom. The van der Waals surface area contributed by atoms with Crippen LogP contribution < -0.4 is 14.9 Å². The summed E-state index contributed by atoms with van der Waals surface area (Å²) in [4.78, 5) is 12.2. The Morgan fingerprint density at radius 2 is 1.80 bits per heavy atom. The number of carbonyl (C=O) groups excluding carboxylic acids is 1. The molecule has 0 spiro atoms. The summed E-state index contributed by atoms with van der Waals surface area (Å²) in [5.74, 6) is 0.646. The van der Waals surface area contributed by atoms with Crippen molar-refractivity contribution in [3.63, 3.8) is 0 Å². The van der Waals surface area contributed by atoms with Crippen molar-refractivity contribution >= 4 is 51.3 Å². The van der Waals surface area contributed by atoms with E-state index >= 15 is 0 Å². The number of benzene rings is 3. The van der Waals surface area contributed by atoms with Crippen molar-refractivity contribution in [2.75, 3.05) is 7.11 Å². The van der Waals surface area contributed by atoms with Gasteiger partial charge < -0.3 is 9.47 Å². The number of hydrazone groups is 1. The van der Waals surface area contributed by atoms with Crippen LogP contribution in [-0.4, -0.2) is 19.2 Å². The van der Waals surface area contributed by atoms with E-state index < -0.39 is 5.91 Å². The minimum absolute atomic E-state index is 0.288. The first-order valence-corrected chi connectivity index (χ1v) is 10.4. The summed E-state index contributed by atoms with van der Waals surface area (Å²) < 4.78 is 12.0. The topological polar surface area (TPSA) is 59.9 Å².